The van der Waals surface area contributed by atoms with Gasteiger partial charge in [-0.15, -0.1) is 0 Å². The van der Waals surface area contributed by atoms with Crippen LogP contribution in [-0.2, 0) is 0 Å². The van der Waals surface area contributed by atoms with E-state index in [1.165, 1.54) is 6.07 Å². The van der Waals surface area contributed by atoms with Crippen LogP contribution in [0.25, 0.3) is 4.98 Å². The van der Waals surface area contributed by atoms with Gasteiger partial charge in [0.05, 0.1) is 0 Å². The minimum absolute atomic E-state index is 0.125. The summed E-state index contributed by atoms with van der Waals surface area (Å²) in [6.45, 7) is 0. The maximum Gasteiger partial charge on any atom is 0.673 e. The van der Waals surface area contributed by atoms with E-state index in [0.717, 1.165) is 0 Å². The highest BCUT2D eigenvalue weighted by molar-refractivity contribution is 6.50. The van der Waals surface area contributed by atoms with Gasteiger partial charge in [0.25, 0.3) is 0 Å². The highest BCUT2D eigenvalue weighted by Gasteiger charge is 2.35. The number of ketones is 2. The zero-order valence-corrected chi connectivity index (χ0v) is 11.3. The molecule has 0 saturated heterocycles. The van der Waals surface area contributed by atoms with E-state index in [0.29, 0.717) is 11.1 Å². The highest BCUT2D eigenvalue weighted by Crippen LogP contribution is 2.33. The van der Waals surface area contributed by atoms with Gasteiger partial charge in [-0.2, -0.15) is 0 Å². The first kappa shape index (κ1) is 16.4. The topological polar surface area (TPSA) is 62.3 Å². The van der Waals surface area contributed by atoms with Crippen molar-refractivity contribution in [2.75, 3.05) is 0 Å². The number of carbonyl (C=O) groups excluding carboxylic acids is 2. The molecule has 1 aliphatic rings. The molecule has 1 aliphatic carbocycles. The standard InChI is InChI=1S/C14H7N2O2.BF4/c15-16-11-7-3-6-10-12(11)14(18)9-5-2-1-4-8(9)13(10)17;2-1(3,4)5/h1-7H;/q+1;-1. The molecule has 116 valence electrons. The summed E-state index contributed by atoms with van der Waals surface area (Å²) in [6.07, 6.45) is 0. The second-order valence-electron chi connectivity index (χ2n) is 4.50. The molecule has 0 radical (unpaired) electrons. The number of fused-ring (bicyclic) bond motifs is 2. The second-order valence-corrected chi connectivity index (χ2v) is 4.50. The first-order valence-corrected chi connectivity index (χ1v) is 6.28. The Hall–Kier alpha value is -3.02. The minimum Gasteiger partial charge on any atom is -0.418 e. The van der Waals surface area contributed by atoms with Crippen molar-refractivity contribution in [1.29, 1.82) is 5.39 Å². The summed E-state index contributed by atoms with van der Waals surface area (Å²) in [6, 6.07) is 11.3. The number of benzene rings is 2. The molecule has 0 bridgehead atoms. The molecule has 2 aromatic carbocycles. The first-order chi connectivity index (χ1) is 10.7. The van der Waals surface area contributed by atoms with Crippen molar-refractivity contribution in [2.45, 2.75) is 0 Å². The van der Waals surface area contributed by atoms with Crippen molar-refractivity contribution in [3.05, 3.63) is 69.7 Å². The Morgan fingerprint density at radius 2 is 1.26 bits per heavy atom. The summed E-state index contributed by atoms with van der Waals surface area (Å²) in [5.41, 5.74) is 1.33. The third-order valence-electron chi connectivity index (χ3n) is 3.04. The van der Waals surface area contributed by atoms with Gasteiger partial charge in [-0.3, -0.25) is 9.59 Å². The van der Waals surface area contributed by atoms with Crippen molar-refractivity contribution in [3.8, 4) is 0 Å². The van der Waals surface area contributed by atoms with Crippen LogP contribution in [-0.4, -0.2) is 18.8 Å². The molecule has 0 spiro atoms. The molecule has 0 N–H and O–H groups in total. The molecule has 0 unspecified atom stereocenters. The van der Waals surface area contributed by atoms with Crippen LogP contribution in [0, 0.1) is 5.39 Å². The molecule has 23 heavy (non-hydrogen) atoms. The van der Waals surface area contributed by atoms with Gasteiger partial charge in [0, 0.05) is 22.8 Å². The van der Waals surface area contributed by atoms with Gasteiger partial charge < -0.3 is 17.3 Å². The van der Waals surface area contributed by atoms with Crippen LogP contribution in [0.2, 0.25) is 0 Å². The Labute approximate surface area is 127 Å². The van der Waals surface area contributed by atoms with Crippen LogP contribution in [0.4, 0.5) is 23.0 Å². The van der Waals surface area contributed by atoms with Crippen molar-refractivity contribution >= 4 is 24.5 Å². The molecule has 0 aliphatic heterocycles. The number of hydrogen-bond acceptors (Lipinski definition) is 3. The van der Waals surface area contributed by atoms with Gasteiger partial charge in [-0.25, -0.2) is 0 Å². The first-order valence-electron chi connectivity index (χ1n) is 6.28. The summed E-state index contributed by atoms with van der Waals surface area (Å²) in [4.78, 5) is 27.6. The molecule has 0 amide bonds. The quantitative estimate of drug-likeness (QED) is 0.353. The third kappa shape index (κ3) is 3.43. The maximum atomic E-state index is 12.3. The highest BCUT2D eigenvalue weighted by atomic mass is 19.5. The van der Waals surface area contributed by atoms with Gasteiger partial charge in [0.1, 0.15) is 5.56 Å². The predicted molar refractivity (Wildman–Crippen MR) is 74.7 cm³/mol. The lowest BCUT2D eigenvalue weighted by atomic mass is 9.83. The fourth-order valence-electron chi connectivity index (χ4n) is 2.21. The van der Waals surface area contributed by atoms with Crippen LogP contribution in [0.5, 0.6) is 0 Å². The summed E-state index contributed by atoms with van der Waals surface area (Å²) in [5, 5.41) is 8.91. The Morgan fingerprint density at radius 1 is 0.783 bits per heavy atom. The number of rotatable bonds is 0. The molecular formula is C14H7BF4N2O2. The van der Waals surface area contributed by atoms with E-state index >= 15 is 0 Å². The average molecular weight is 322 g/mol. The van der Waals surface area contributed by atoms with E-state index in [2.05, 4.69) is 4.98 Å². The molecule has 0 atom stereocenters. The molecule has 3 rings (SSSR count). The van der Waals surface area contributed by atoms with Crippen molar-refractivity contribution in [1.82, 2.24) is 0 Å². The molecule has 0 heterocycles. The lowest BCUT2D eigenvalue weighted by molar-refractivity contribution is 0.0980. The normalized spacial score (nSPS) is 12.5. The minimum atomic E-state index is -6.00. The average Bonchev–Trinajstić information content (AvgIpc) is 2.50. The zero-order valence-electron chi connectivity index (χ0n) is 11.3. The van der Waals surface area contributed by atoms with Crippen molar-refractivity contribution < 1.29 is 26.9 Å². The second kappa shape index (κ2) is 6.00. The Morgan fingerprint density at radius 3 is 1.78 bits per heavy atom. The molecule has 9 heteroatoms. The van der Waals surface area contributed by atoms with Crippen LogP contribution in [0.15, 0.2) is 42.5 Å². The third-order valence-corrected chi connectivity index (χ3v) is 3.04. The fourth-order valence-corrected chi connectivity index (χ4v) is 2.21. The molecule has 4 nitrogen and oxygen atoms in total. The SMILES string of the molecule is F[B-](F)(F)F.N#[N+]c1cccc2c1C(=O)c1ccccc1C2=O. The number of nitrogens with zero attached hydrogens (tertiary/aromatic N) is 2. The lowest BCUT2D eigenvalue weighted by Crippen LogP contribution is -2.20. The number of diazo groups is 1. The Bertz CT molecular complexity index is 837. The lowest BCUT2D eigenvalue weighted by Gasteiger charge is -2.14. The van der Waals surface area contributed by atoms with Crippen molar-refractivity contribution in [2.24, 2.45) is 0 Å². The zero-order chi connectivity index (χ0) is 17.2. The molecule has 0 saturated carbocycles. The van der Waals surface area contributed by atoms with Gasteiger partial charge in [-0.05, 0) is 6.07 Å². The molecule has 0 fully saturated rings. The van der Waals surface area contributed by atoms with Crippen LogP contribution < -0.4 is 0 Å². The van der Waals surface area contributed by atoms with E-state index < -0.39 is 7.25 Å². The summed E-state index contributed by atoms with van der Waals surface area (Å²) < 4.78 is 39.0. The van der Waals surface area contributed by atoms with E-state index in [-0.39, 0.29) is 28.4 Å². The number of carbonyl (C=O) groups is 2. The Balaban J connectivity index is 0.000000338. The largest absolute Gasteiger partial charge is 0.673 e. The van der Waals surface area contributed by atoms with Crippen LogP contribution in [0.1, 0.15) is 31.8 Å². The molecular weight excluding hydrogens is 315 g/mol. The van der Waals surface area contributed by atoms with Gasteiger partial charge in [0.2, 0.25) is 11.2 Å². The van der Waals surface area contributed by atoms with E-state index in [4.69, 9.17) is 5.39 Å². The smallest absolute Gasteiger partial charge is 0.418 e. The summed E-state index contributed by atoms with van der Waals surface area (Å²) in [5.74, 6) is -0.501. The molecule has 0 aromatic heterocycles. The fraction of sp³-hybridized carbons (Fsp3) is 0. The van der Waals surface area contributed by atoms with Gasteiger partial charge in [-0.1, -0.05) is 30.3 Å². The molecule has 2 aromatic rings. The summed E-state index contributed by atoms with van der Waals surface area (Å²) in [7, 11) is -6.00. The monoisotopic (exact) mass is 322 g/mol. The van der Waals surface area contributed by atoms with Gasteiger partial charge in [0.15, 0.2) is 10.8 Å². The predicted octanol–water partition coefficient (Wildman–Crippen LogP) is 4.25. The Kier molecular flexibility index (Phi) is 4.27. The van der Waals surface area contributed by atoms with E-state index in [1.807, 2.05) is 0 Å². The maximum absolute atomic E-state index is 12.3. The van der Waals surface area contributed by atoms with Crippen molar-refractivity contribution in [3.63, 3.8) is 0 Å². The van der Waals surface area contributed by atoms with Gasteiger partial charge >= 0.3 is 12.9 Å². The number of hydrogen-bond donors (Lipinski definition) is 0. The van der Waals surface area contributed by atoms with E-state index in [9.17, 15) is 26.9 Å². The summed E-state index contributed by atoms with van der Waals surface area (Å²) >= 11 is 0. The van der Waals surface area contributed by atoms with Crippen LogP contribution >= 0.6 is 0 Å². The number of halogens is 4. The van der Waals surface area contributed by atoms with Crippen LogP contribution in [0.3, 0.4) is 0 Å². The van der Waals surface area contributed by atoms with E-state index in [1.54, 1.807) is 36.4 Å².